The first-order chi connectivity index (χ1) is 6.27. The van der Waals surface area contributed by atoms with E-state index in [9.17, 15) is 0 Å². The third-order valence-electron chi connectivity index (χ3n) is 1.82. The summed E-state index contributed by atoms with van der Waals surface area (Å²) in [7, 11) is 0. The summed E-state index contributed by atoms with van der Waals surface area (Å²) in [6, 6.07) is 5.97. The predicted molar refractivity (Wildman–Crippen MR) is 57.3 cm³/mol. The lowest BCUT2D eigenvalue weighted by molar-refractivity contribution is 1.33. The molecule has 0 saturated heterocycles. The molecule has 1 nitrogen and oxygen atoms in total. The zero-order valence-corrected chi connectivity index (χ0v) is 8.69. The standard InChI is InChI=1S/C10H8ClNS/c1-7-9(11)6-10(13-7)8-2-4-12-5-3-8/h2-6H,1H3. The van der Waals surface area contributed by atoms with Crippen LogP contribution in [0.25, 0.3) is 10.4 Å². The Kier molecular flexibility index (Phi) is 2.34. The number of rotatable bonds is 1. The van der Waals surface area contributed by atoms with Crippen molar-refractivity contribution in [3.63, 3.8) is 0 Å². The van der Waals surface area contributed by atoms with E-state index >= 15 is 0 Å². The van der Waals surface area contributed by atoms with Crippen molar-refractivity contribution < 1.29 is 0 Å². The maximum atomic E-state index is 5.97. The Morgan fingerprint density at radius 2 is 2.00 bits per heavy atom. The minimum absolute atomic E-state index is 0.844. The Bertz CT molecular complexity index is 389. The molecule has 0 amide bonds. The van der Waals surface area contributed by atoms with Crippen molar-refractivity contribution in [3.8, 4) is 10.4 Å². The molecule has 2 aromatic heterocycles. The van der Waals surface area contributed by atoms with Crippen LogP contribution in [-0.4, -0.2) is 4.98 Å². The molecule has 13 heavy (non-hydrogen) atoms. The van der Waals surface area contributed by atoms with Crippen molar-refractivity contribution in [2.45, 2.75) is 6.92 Å². The van der Waals surface area contributed by atoms with Gasteiger partial charge in [0.05, 0.1) is 5.02 Å². The highest BCUT2D eigenvalue weighted by molar-refractivity contribution is 7.16. The molecule has 2 aromatic rings. The number of aromatic nitrogens is 1. The number of hydrogen-bond donors (Lipinski definition) is 0. The molecule has 0 unspecified atom stereocenters. The van der Waals surface area contributed by atoms with Crippen LogP contribution >= 0.6 is 22.9 Å². The Labute approximate surface area is 86.0 Å². The molecule has 0 fully saturated rings. The van der Waals surface area contributed by atoms with Gasteiger partial charge >= 0.3 is 0 Å². The lowest BCUT2D eigenvalue weighted by Gasteiger charge is -1.93. The van der Waals surface area contributed by atoms with Gasteiger partial charge in [0.25, 0.3) is 0 Å². The van der Waals surface area contributed by atoms with E-state index in [0.29, 0.717) is 0 Å². The molecule has 0 aliphatic rings. The summed E-state index contributed by atoms with van der Waals surface area (Å²) in [5.41, 5.74) is 1.18. The molecule has 0 aliphatic heterocycles. The molecule has 0 saturated carbocycles. The van der Waals surface area contributed by atoms with Crippen molar-refractivity contribution in [1.29, 1.82) is 0 Å². The monoisotopic (exact) mass is 209 g/mol. The first-order valence-electron chi connectivity index (χ1n) is 3.93. The molecule has 0 spiro atoms. The van der Waals surface area contributed by atoms with Crippen LogP contribution < -0.4 is 0 Å². The summed E-state index contributed by atoms with van der Waals surface area (Å²) >= 11 is 7.68. The second-order valence-electron chi connectivity index (χ2n) is 2.75. The van der Waals surface area contributed by atoms with E-state index in [1.807, 2.05) is 25.1 Å². The van der Waals surface area contributed by atoms with Gasteiger partial charge in [0.15, 0.2) is 0 Å². The van der Waals surface area contributed by atoms with Gasteiger partial charge in [-0.05, 0) is 30.7 Å². The van der Waals surface area contributed by atoms with E-state index in [2.05, 4.69) is 4.98 Å². The summed E-state index contributed by atoms with van der Waals surface area (Å²) < 4.78 is 0. The van der Waals surface area contributed by atoms with Gasteiger partial charge in [0, 0.05) is 22.1 Å². The van der Waals surface area contributed by atoms with Crippen LogP contribution in [0.1, 0.15) is 4.88 Å². The number of halogens is 1. The number of aryl methyl sites for hydroxylation is 1. The molecule has 0 bridgehead atoms. The minimum atomic E-state index is 0.844. The Balaban J connectivity index is 2.48. The Hall–Kier alpha value is -0.860. The second kappa shape index (κ2) is 3.48. The fourth-order valence-corrected chi connectivity index (χ4v) is 2.32. The molecular weight excluding hydrogens is 202 g/mol. The third-order valence-corrected chi connectivity index (χ3v) is 3.43. The van der Waals surface area contributed by atoms with Gasteiger partial charge in [-0.25, -0.2) is 0 Å². The Morgan fingerprint density at radius 1 is 1.31 bits per heavy atom. The Morgan fingerprint density at radius 3 is 2.54 bits per heavy atom. The quantitative estimate of drug-likeness (QED) is 0.697. The van der Waals surface area contributed by atoms with Gasteiger partial charge in [-0.15, -0.1) is 11.3 Å². The number of thiophene rings is 1. The summed E-state index contributed by atoms with van der Waals surface area (Å²) in [6.45, 7) is 2.03. The maximum Gasteiger partial charge on any atom is 0.0548 e. The number of nitrogens with zero attached hydrogens (tertiary/aromatic N) is 1. The van der Waals surface area contributed by atoms with Crippen molar-refractivity contribution >= 4 is 22.9 Å². The van der Waals surface area contributed by atoms with Gasteiger partial charge in [-0.3, -0.25) is 4.98 Å². The van der Waals surface area contributed by atoms with E-state index in [1.54, 1.807) is 23.7 Å². The molecule has 0 aromatic carbocycles. The highest BCUT2D eigenvalue weighted by Gasteiger charge is 2.04. The number of pyridine rings is 1. The topological polar surface area (TPSA) is 12.9 Å². The zero-order valence-electron chi connectivity index (χ0n) is 7.12. The van der Waals surface area contributed by atoms with E-state index in [1.165, 1.54) is 10.4 Å². The fraction of sp³-hybridized carbons (Fsp3) is 0.100. The maximum absolute atomic E-state index is 5.97. The van der Waals surface area contributed by atoms with Crippen LogP contribution in [0.2, 0.25) is 5.02 Å². The van der Waals surface area contributed by atoms with Crippen LogP contribution in [-0.2, 0) is 0 Å². The van der Waals surface area contributed by atoms with Crippen molar-refractivity contribution in [2.24, 2.45) is 0 Å². The highest BCUT2D eigenvalue weighted by atomic mass is 35.5. The second-order valence-corrected chi connectivity index (χ2v) is 4.41. The molecule has 66 valence electrons. The van der Waals surface area contributed by atoms with Gasteiger partial charge in [-0.1, -0.05) is 11.6 Å². The van der Waals surface area contributed by atoms with Crippen molar-refractivity contribution in [3.05, 3.63) is 40.5 Å². The average molecular weight is 210 g/mol. The van der Waals surface area contributed by atoms with Crippen LogP contribution in [0.4, 0.5) is 0 Å². The number of hydrogen-bond acceptors (Lipinski definition) is 2. The van der Waals surface area contributed by atoms with Gasteiger partial charge in [0.1, 0.15) is 0 Å². The first kappa shape index (κ1) is 8.73. The summed E-state index contributed by atoms with van der Waals surface area (Å²) in [5, 5.41) is 0.844. The third kappa shape index (κ3) is 1.74. The molecule has 0 atom stereocenters. The van der Waals surface area contributed by atoms with Crippen LogP contribution in [0, 0.1) is 6.92 Å². The van der Waals surface area contributed by atoms with Gasteiger partial charge in [0.2, 0.25) is 0 Å². The average Bonchev–Trinajstić information content (AvgIpc) is 2.49. The first-order valence-corrected chi connectivity index (χ1v) is 5.13. The predicted octanol–water partition coefficient (Wildman–Crippen LogP) is 3.77. The molecule has 0 N–H and O–H groups in total. The SMILES string of the molecule is Cc1sc(-c2ccncc2)cc1Cl. The summed E-state index contributed by atoms with van der Waals surface area (Å²) in [6.07, 6.45) is 3.58. The van der Waals surface area contributed by atoms with Crippen molar-refractivity contribution in [1.82, 2.24) is 4.98 Å². The van der Waals surface area contributed by atoms with Crippen LogP contribution in [0.3, 0.4) is 0 Å². The highest BCUT2D eigenvalue weighted by Crippen LogP contribution is 2.33. The smallest absolute Gasteiger partial charge is 0.0548 e. The van der Waals surface area contributed by atoms with E-state index in [-0.39, 0.29) is 0 Å². The zero-order chi connectivity index (χ0) is 9.26. The summed E-state index contributed by atoms with van der Waals surface area (Å²) in [5.74, 6) is 0. The van der Waals surface area contributed by atoms with E-state index in [0.717, 1.165) is 9.90 Å². The normalized spacial score (nSPS) is 10.3. The van der Waals surface area contributed by atoms with Crippen LogP contribution in [0.15, 0.2) is 30.6 Å². The van der Waals surface area contributed by atoms with Crippen LogP contribution in [0.5, 0.6) is 0 Å². The molecule has 0 radical (unpaired) electrons. The largest absolute Gasteiger partial charge is 0.265 e. The van der Waals surface area contributed by atoms with Crippen molar-refractivity contribution in [2.75, 3.05) is 0 Å². The lowest BCUT2D eigenvalue weighted by Crippen LogP contribution is -1.71. The van der Waals surface area contributed by atoms with E-state index < -0.39 is 0 Å². The summed E-state index contributed by atoms with van der Waals surface area (Å²) in [4.78, 5) is 6.33. The minimum Gasteiger partial charge on any atom is -0.265 e. The molecular formula is C10H8ClNS. The molecule has 0 aliphatic carbocycles. The lowest BCUT2D eigenvalue weighted by atomic mass is 10.2. The fourth-order valence-electron chi connectivity index (χ4n) is 1.12. The molecule has 3 heteroatoms. The molecule has 2 rings (SSSR count). The van der Waals surface area contributed by atoms with E-state index in [4.69, 9.17) is 11.6 Å². The van der Waals surface area contributed by atoms with Gasteiger partial charge in [-0.2, -0.15) is 0 Å². The molecule has 2 heterocycles. The van der Waals surface area contributed by atoms with Gasteiger partial charge < -0.3 is 0 Å².